The molecule has 1 aliphatic carbocycles. The minimum atomic E-state index is -0.237. The number of rotatable bonds is 6. The number of ether oxygens (including phenoxy) is 1. The van der Waals surface area contributed by atoms with Gasteiger partial charge in [-0.05, 0) is 25.3 Å². The van der Waals surface area contributed by atoms with Crippen LogP contribution in [0.25, 0.3) is 22.2 Å². The Morgan fingerprint density at radius 2 is 1.97 bits per heavy atom. The van der Waals surface area contributed by atoms with Gasteiger partial charge in [-0.2, -0.15) is 0 Å². The standard InChI is InChI=1S/C24H25N3O4/c1-2-19(28)30-13-10-25-17-14-18(27-11-6-3-7-12-27)22-21-20(17)23(29)15-8-4-5-9-16(15)24(21)31-26-22/h4-5,8-9,14,25H,2-3,6-7,10-13H2,1H3. The fourth-order valence-electron chi connectivity index (χ4n) is 4.51. The molecule has 2 heterocycles. The van der Waals surface area contributed by atoms with Crippen molar-refractivity contribution in [2.24, 2.45) is 0 Å². The van der Waals surface area contributed by atoms with Gasteiger partial charge < -0.3 is 19.5 Å². The average Bonchev–Trinajstić information content (AvgIpc) is 3.26. The Morgan fingerprint density at radius 3 is 2.74 bits per heavy atom. The van der Waals surface area contributed by atoms with Gasteiger partial charge in [0.25, 0.3) is 0 Å². The number of fused-ring (bicyclic) bond motifs is 2. The summed E-state index contributed by atoms with van der Waals surface area (Å²) in [6.07, 6.45) is 3.83. The van der Waals surface area contributed by atoms with Crippen molar-refractivity contribution in [1.82, 2.24) is 5.16 Å². The van der Waals surface area contributed by atoms with Gasteiger partial charge in [0.15, 0.2) is 11.5 Å². The lowest BCUT2D eigenvalue weighted by atomic mass is 9.86. The molecule has 1 N–H and O–H groups in total. The number of carbonyl (C=O) groups excluding carboxylic acids is 2. The molecule has 5 rings (SSSR count). The van der Waals surface area contributed by atoms with Crippen molar-refractivity contribution in [3.63, 3.8) is 0 Å². The second-order valence-corrected chi connectivity index (χ2v) is 7.98. The van der Waals surface area contributed by atoms with Gasteiger partial charge in [-0.3, -0.25) is 9.59 Å². The number of esters is 1. The molecule has 0 atom stereocenters. The van der Waals surface area contributed by atoms with Crippen LogP contribution in [0.2, 0.25) is 0 Å². The van der Waals surface area contributed by atoms with E-state index in [1.807, 2.05) is 30.3 Å². The number of carbonyl (C=O) groups is 2. The summed E-state index contributed by atoms with van der Waals surface area (Å²) in [4.78, 5) is 27.3. The van der Waals surface area contributed by atoms with Crippen LogP contribution >= 0.6 is 0 Å². The van der Waals surface area contributed by atoms with Gasteiger partial charge in [0.1, 0.15) is 12.1 Å². The van der Waals surface area contributed by atoms with Crippen molar-refractivity contribution in [1.29, 1.82) is 0 Å². The molecule has 7 nitrogen and oxygen atoms in total. The van der Waals surface area contributed by atoms with Crippen molar-refractivity contribution >= 4 is 34.0 Å². The van der Waals surface area contributed by atoms with Crippen LogP contribution in [0.15, 0.2) is 34.9 Å². The lowest BCUT2D eigenvalue weighted by Gasteiger charge is -2.30. The van der Waals surface area contributed by atoms with E-state index in [0.29, 0.717) is 29.9 Å². The van der Waals surface area contributed by atoms with Crippen molar-refractivity contribution in [3.8, 4) is 11.3 Å². The smallest absolute Gasteiger partial charge is 0.305 e. The van der Waals surface area contributed by atoms with Crippen LogP contribution < -0.4 is 10.2 Å². The summed E-state index contributed by atoms with van der Waals surface area (Å²) in [7, 11) is 0. The van der Waals surface area contributed by atoms with Crippen LogP contribution in [0.3, 0.4) is 0 Å². The van der Waals surface area contributed by atoms with Gasteiger partial charge in [0, 0.05) is 42.9 Å². The van der Waals surface area contributed by atoms with Crippen LogP contribution in [0.4, 0.5) is 11.4 Å². The van der Waals surface area contributed by atoms with Gasteiger partial charge in [-0.25, -0.2) is 0 Å². The van der Waals surface area contributed by atoms with Gasteiger partial charge in [-0.1, -0.05) is 36.3 Å². The number of hydrogen-bond donors (Lipinski definition) is 1. The summed E-state index contributed by atoms with van der Waals surface area (Å²) in [5.41, 5.74) is 4.41. The Kier molecular flexibility index (Phi) is 5.10. The quantitative estimate of drug-likeness (QED) is 0.366. The van der Waals surface area contributed by atoms with Gasteiger partial charge in [0.05, 0.1) is 16.6 Å². The Balaban J connectivity index is 1.61. The van der Waals surface area contributed by atoms with Crippen molar-refractivity contribution in [2.75, 3.05) is 36.5 Å². The zero-order valence-electron chi connectivity index (χ0n) is 17.6. The van der Waals surface area contributed by atoms with Crippen LogP contribution in [-0.2, 0) is 9.53 Å². The normalized spacial score (nSPS) is 15.1. The highest BCUT2D eigenvalue weighted by Gasteiger charge is 2.33. The van der Waals surface area contributed by atoms with E-state index < -0.39 is 0 Å². The van der Waals surface area contributed by atoms with E-state index in [1.165, 1.54) is 6.42 Å². The molecular formula is C24H25N3O4. The first-order chi connectivity index (χ1) is 15.2. The number of hydrogen-bond acceptors (Lipinski definition) is 7. The maximum Gasteiger partial charge on any atom is 0.305 e. The topological polar surface area (TPSA) is 84.7 Å². The fraction of sp³-hybridized carbons (Fsp3) is 0.375. The number of ketones is 1. The summed E-state index contributed by atoms with van der Waals surface area (Å²) in [5.74, 6) is 0.355. The monoisotopic (exact) mass is 419 g/mol. The van der Waals surface area contributed by atoms with Crippen molar-refractivity contribution in [2.45, 2.75) is 32.6 Å². The van der Waals surface area contributed by atoms with E-state index in [2.05, 4.69) is 15.4 Å². The molecule has 31 heavy (non-hydrogen) atoms. The highest BCUT2D eigenvalue weighted by molar-refractivity contribution is 6.28. The summed E-state index contributed by atoms with van der Waals surface area (Å²) in [5, 5.41) is 8.50. The van der Waals surface area contributed by atoms with E-state index in [-0.39, 0.29) is 18.4 Å². The highest BCUT2D eigenvalue weighted by atomic mass is 16.5. The summed E-state index contributed by atoms with van der Waals surface area (Å²) >= 11 is 0. The molecule has 0 spiro atoms. The molecule has 7 heteroatoms. The molecule has 1 aromatic heterocycles. The third-order valence-corrected chi connectivity index (χ3v) is 6.04. The summed E-state index contributed by atoms with van der Waals surface area (Å²) in [6.45, 7) is 4.33. The Hall–Kier alpha value is -3.35. The lowest BCUT2D eigenvalue weighted by Crippen LogP contribution is -2.30. The number of nitrogens with zero attached hydrogens (tertiary/aromatic N) is 2. The summed E-state index contributed by atoms with van der Waals surface area (Å²) in [6, 6.07) is 9.49. The molecule has 0 bridgehead atoms. The minimum Gasteiger partial charge on any atom is -0.464 e. The number of benzene rings is 2. The molecule has 0 saturated carbocycles. The zero-order valence-corrected chi connectivity index (χ0v) is 17.6. The molecule has 0 amide bonds. The number of anilines is 2. The largest absolute Gasteiger partial charge is 0.464 e. The Bertz CT molecular complexity index is 1160. The minimum absolute atomic E-state index is 0.0467. The predicted octanol–water partition coefficient (Wildman–Crippen LogP) is 4.39. The van der Waals surface area contributed by atoms with E-state index in [0.717, 1.165) is 53.8 Å². The van der Waals surface area contributed by atoms with Crippen molar-refractivity contribution < 1.29 is 18.8 Å². The predicted molar refractivity (Wildman–Crippen MR) is 119 cm³/mol. The molecule has 0 radical (unpaired) electrons. The molecule has 160 valence electrons. The molecule has 1 aliphatic heterocycles. The third kappa shape index (κ3) is 3.34. The van der Waals surface area contributed by atoms with E-state index in [4.69, 9.17) is 9.26 Å². The Morgan fingerprint density at radius 1 is 1.19 bits per heavy atom. The number of aromatic nitrogens is 1. The first kappa shape index (κ1) is 19.6. The second-order valence-electron chi connectivity index (χ2n) is 7.98. The molecule has 3 aromatic rings. The van der Waals surface area contributed by atoms with E-state index in [1.54, 1.807) is 6.92 Å². The van der Waals surface area contributed by atoms with Crippen LogP contribution in [0, 0.1) is 0 Å². The number of nitrogens with one attached hydrogen (secondary N) is 1. The maximum absolute atomic E-state index is 13.5. The first-order valence-electron chi connectivity index (χ1n) is 10.9. The molecule has 0 unspecified atom stereocenters. The first-order valence-corrected chi connectivity index (χ1v) is 10.9. The molecule has 1 fully saturated rings. The summed E-state index contributed by atoms with van der Waals surface area (Å²) < 4.78 is 11.0. The Labute approximate surface area is 180 Å². The average molecular weight is 419 g/mol. The lowest BCUT2D eigenvalue weighted by molar-refractivity contribution is -0.142. The molecule has 2 aliphatic rings. The molecule has 2 aromatic carbocycles. The van der Waals surface area contributed by atoms with Crippen LogP contribution in [-0.4, -0.2) is 43.2 Å². The van der Waals surface area contributed by atoms with Gasteiger partial charge >= 0.3 is 5.97 Å². The second kappa shape index (κ2) is 8.06. The van der Waals surface area contributed by atoms with Crippen LogP contribution in [0.5, 0.6) is 0 Å². The van der Waals surface area contributed by atoms with E-state index in [9.17, 15) is 9.59 Å². The maximum atomic E-state index is 13.5. The molecular weight excluding hydrogens is 394 g/mol. The van der Waals surface area contributed by atoms with Crippen LogP contribution in [0.1, 0.15) is 48.5 Å². The van der Waals surface area contributed by atoms with Gasteiger partial charge in [-0.15, -0.1) is 0 Å². The number of piperidine rings is 1. The zero-order chi connectivity index (χ0) is 21.4. The third-order valence-electron chi connectivity index (χ3n) is 6.04. The SMILES string of the molecule is CCC(=O)OCCNc1cc(N2CCCCC2)c2noc3c2c1C(=O)c1ccccc1-3. The van der Waals surface area contributed by atoms with Gasteiger partial charge in [0.2, 0.25) is 0 Å². The van der Waals surface area contributed by atoms with Crippen molar-refractivity contribution in [3.05, 3.63) is 41.5 Å². The highest BCUT2D eigenvalue weighted by Crippen LogP contribution is 2.46. The fourth-order valence-corrected chi connectivity index (χ4v) is 4.51. The van der Waals surface area contributed by atoms with E-state index >= 15 is 0 Å². The molecule has 1 saturated heterocycles.